The van der Waals surface area contributed by atoms with E-state index in [9.17, 15) is 13.6 Å². The summed E-state index contributed by atoms with van der Waals surface area (Å²) in [6.45, 7) is -3.27. The number of benzene rings is 1. The van der Waals surface area contributed by atoms with E-state index in [4.69, 9.17) is 10.5 Å². The largest absolute Gasteiger partial charge is 0.435 e. The Kier molecular flexibility index (Phi) is 6.38. The fourth-order valence-electron chi connectivity index (χ4n) is 1.33. The highest BCUT2D eigenvalue weighted by atomic mass is 19.3. The van der Waals surface area contributed by atoms with Crippen LogP contribution >= 0.6 is 0 Å². The zero-order valence-electron chi connectivity index (χ0n) is 10.4. The van der Waals surface area contributed by atoms with E-state index >= 15 is 0 Å². The molecule has 0 fully saturated rings. The quantitative estimate of drug-likeness (QED) is 0.547. The second-order valence-corrected chi connectivity index (χ2v) is 3.67. The lowest BCUT2D eigenvalue weighted by Gasteiger charge is -2.07. The molecule has 1 amide bonds. The molecule has 0 aliphatic carbocycles. The van der Waals surface area contributed by atoms with E-state index in [0.717, 1.165) is 5.56 Å². The van der Waals surface area contributed by atoms with Crippen molar-refractivity contribution in [1.29, 1.82) is 5.41 Å². The summed E-state index contributed by atoms with van der Waals surface area (Å²) in [5.74, 6) is -0.483. The Balaban J connectivity index is 2.31. The van der Waals surface area contributed by atoms with Gasteiger partial charge in [-0.05, 0) is 24.1 Å². The highest BCUT2D eigenvalue weighted by molar-refractivity contribution is 5.86. The topological polar surface area (TPSA) is 91.6 Å². The van der Waals surface area contributed by atoms with Gasteiger partial charge in [-0.3, -0.25) is 5.41 Å². The first-order valence-corrected chi connectivity index (χ1v) is 5.69. The van der Waals surface area contributed by atoms with Crippen LogP contribution in [-0.4, -0.2) is 36.9 Å². The molecule has 0 spiro atoms. The molecule has 1 aromatic rings. The summed E-state index contributed by atoms with van der Waals surface area (Å²) in [6.07, 6.45) is -0.377. The number of aliphatic hydroxyl groups is 1. The Labute approximate surface area is 113 Å². The molecular formula is C12H14F2N2O4. The standard InChI is InChI=1S/C12H14F2N2O4/c13-11(14)19-9-3-1-8(2-4-9)5-6-16-12(18)20-10(15)7-17/h1-4,11,15,17H,5-7H2,(H,16,18). The Hall–Kier alpha value is -2.22. The molecule has 0 atom stereocenters. The van der Waals surface area contributed by atoms with Gasteiger partial charge in [0.25, 0.3) is 0 Å². The van der Waals surface area contributed by atoms with E-state index in [0.29, 0.717) is 6.42 Å². The number of alkyl carbamates (subject to hydrolysis) is 1. The molecule has 20 heavy (non-hydrogen) atoms. The van der Waals surface area contributed by atoms with Gasteiger partial charge >= 0.3 is 12.7 Å². The van der Waals surface area contributed by atoms with Crippen LogP contribution in [0.25, 0.3) is 0 Å². The lowest BCUT2D eigenvalue weighted by molar-refractivity contribution is -0.0498. The van der Waals surface area contributed by atoms with Crippen LogP contribution in [0.4, 0.5) is 13.6 Å². The molecule has 0 saturated carbocycles. The molecule has 8 heteroatoms. The number of ether oxygens (including phenoxy) is 2. The Bertz CT molecular complexity index is 451. The van der Waals surface area contributed by atoms with Gasteiger partial charge in [0.2, 0.25) is 5.90 Å². The Morgan fingerprint density at radius 2 is 2.00 bits per heavy atom. The smallest absolute Gasteiger partial charge is 0.413 e. The van der Waals surface area contributed by atoms with Crippen LogP contribution in [0.15, 0.2) is 24.3 Å². The van der Waals surface area contributed by atoms with Crippen molar-refractivity contribution in [3.63, 3.8) is 0 Å². The molecule has 6 nitrogen and oxygen atoms in total. The number of aliphatic hydroxyl groups excluding tert-OH is 1. The first kappa shape index (κ1) is 15.8. The SMILES string of the molecule is N=C(CO)OC(=O)NCCc1ccc(OC(F)F)cc1. The molecule has 0 aliphatic heterocycles. The second kappa shape index (κ2) is 8.05. The maximum absolute atomic E-state index is 11.9. The third-order valence-electron chi connectivity index (χ3n) is 2.19. The lowest BCUT2D eigenvalue weighted by atomic mass is 10.1. The van der Waals surface area contributed by atoms with Crippen LogP contribution in [0, 0.1) is 5.41 Å². The highest BCUT2D eigenvalue weighted by Crippen LogP contribution is 2.14. The maximum Gasteiger partial charge on any atom is 0.413 e. The summed E-state index contributed by atoms with van der Waals surface area (Å²) >= 11 is 0. The predicted molar refractivity (Wildman–Crippen MR) is 66.1 cm³/mol. The summed E-state index contributed by atoms with van der Waals surface area (Å²) in [5, 5.41) is 17.8. The molecule has 110 valence electrons. The molecular weight excluding hydrogens is 274 g/mol. The van der Waals surface area contributed by atoms with E-state index in [1.54, 1.807) is 12.1 Å². The van der Waals surface area contributed by atoms with Crippen LogP contribution in [0.3, 0.4) is 0 Å². The van der Waals surface area contributed by atoms with Gasteiger partial charge in [0.15, 0.2) is 0 Å². The van der Waals surface area contributed by atoms with Gasteiger partial charge in [0.1, 0.15) is 12.4 Å². The fraction of sp³-hybridized carbons (Fsp3) is 0.333. The number of nitrogens with one attached hydrogen (secondary N) is 2. The molecule has 0 unspecified atom stereocenters. The van der Waals surface area contributed by atoms with Crippen LogP contribution in [0.1, 0.15) is 5.56 Å². The van der Waals surface area contributed by atoms with Gasteiger partial charge in [0, 0.05) is 6.54 Å². The zero-order chi connectivity index (χ0) is 15.0. The van der Waals surface area contributed by atoms with Crippen molar-refractivity contribution < 1.29 is 28.2 Å². The van der Waals surface area contributed by atoms with E-state index < -0.39 is 25.2 Å². The van der Waals surface area contributed by atoms with Gasteiger partial charge in [-0.25, -0.2) is 4.79 Å². The van der Waals surface area contributed by atoms with Crippen molar-refractivity contribution >= 4 is 12.0 Å². The van der Waals surface area contributed by atoms with Gasteiger partial charge in [-0.15, -0.1) is 0 Å². The van der Waals surface area contributed by atoms with Crippen molar-refractivity contribution in [2.45, 2.75) is 13.0 Å². The van der Waals surface area contributed by atoms with Crippen molar-refractivity contribution in [3.8, 4) is 5.75 Å². The number of carbonyl (C=O) groups excluding carboxylic acids is 1. The third kappa shape index (κ3) is 6.10. The first-order chi connectivity index (χ1) is 9.51. The van der Waals surface area contributed by atoms with Crippen LogP contribution in [0.2, 0.25) is 0 Å². The summed E-state index contributed by atoms with van der Waals surface area (Å²) in [4.78, 5) is 11.1. The van der Waals surface area contributed by atoms with Gasteiger partial charge in [-0.2, -0.15) is 8.78 Å². The third-order valence-corrected chi connectivity index (χ3v) is 2.19. The van der Waals surface area contributed by atoms with E-state index in [1.807, 2.05) is 0 Å². The van der Waals surface area contributed by atoms with Crippen LogP contribution in [-0.2, 0) is 11.2 Å². The number of hydrogen-bond acceptors (Lipinski definition) is 5. The average Bonchev–Trinajstić information content (AvgIpc) is 2.40. The highest BCUT2D eigenvalue weighted by Gasteiger charge is 2.06. The summed E-state index contributed by atoms with van der Waals surface area (Å²) in [6, 6.07) is 6.00. The Morgan fingerprint density at radius 1 is 1.35 bits per heavy atom. The lowest BCUT2D eigenvalue weighted by Crippen LogP contribution is -2.29. The van der Waals surface area contributed by atoms with Crippen molar-refractivity contribution in [1.82, 2.24) is 5.32 Å². The molecule has 0 heterocycles. The van der Waals surface area contributed by atoms with Gasteiger partial charge in [0.05, 0.1) is 0 Å². The minimum Gasteiger partial charge on any atom is -0.435 e. The molecule has 0 bridgehead atoms. The number of halogens is 2. The van der Waals surface area contributed by atoms with Gasteiger partial charge in [-0.1, -0.05) is 12.1 Å². The predicted octanol–water partition coefficient (Wildman–Crippen LogP) is 1.53. The molecule has 1 rings (SSSR count). The molecule has 3 N–H and O–H groups in total. The summed E-state index contributed by atoms with van der Waals surface area (Å²) in [5.41, 5.74) is 0.809. The Morgan fingerprint density at radius 3 is 2.55 bits per heavy atom. The minimum atomic E-state index is -2.86. The number of alkyl halides is 2. The molecule has 0 saturated heterocycles. The maximum atomic E-state index is 11.9. The van der Waals surface area contributed by atoms with E-state index in [-0.39, 0.29) is 12.3 Å². The second-order valence-electron chi connectivity index (χ2n) is 3.67. The van der Waals surface area contributed by atoms with Crippen molar-refractivity contribution in [3.05, 3.63) is 29.8 Å². The summed E-state index contributed by atoms with van der Waals surface area (Å²) in [7, 11) is 0. The molecule has 0 aliphatic rings. The molecule has 0 aromatic heterocycles. The van der Waals surface area contributed by atoms with Gasteiger partial charge < -0.3 is 19.9 Å². The molecule has 1 aromatic carbocycles. The van der Waals surface area contributed by atoms with Crippen LogP contribution in [0.5, 0.6) is 5.75 Å². The normalized spacial score (nSPS) is 10.2. The number of amides is 1. The average molecular weight is 288 g/mol. The monoisotopic (exact) mass is 288 g/mol. The zero-order valence-corrected chi connectivity index (χ0v) is 10.4. The van der Waals surface area contributed by atoms with E-state index in [2.05, 4.69) is 14.8 Å². The summed E-state index contributed by atoms with van der Waals surface area (Å²) < 4.78 is 32.4. The minimum absolute atomic E-state index is 0.0625. The van der Waals surface area contributed by atoms with Crippen molar-refractivity contribution in [2.75, 3.05) is 13.2 Å². The first-order valence-electron chi connectivity index (χ1n) is 5.69. The number of rotatable bonds is 6. The van der Waals surface area contributed by atoms with Crippen LogP contribution < -0.4 is 10.1 Å². The van der Waals surface area contributed by atoms with Crippen molar-refractivity contribution in [2.24, 2.45) is 0 Å². The fourth-order valence-corrected chi connectivity index (χ4v) is 1.33. The van der Waals surface area contributed by atoms with E-state index in [1.165, 1.54) is 12.1 Å². The number of carbonyl (C=O) groups is 1. The number of hydrogen-bond donors (Lipinski definition) is 3. The molecule has 0 radical (unpaired) electrons.